The van der Waals surface area contributed by atoms with Crippen molar-refractivity contribution in [2.45, 2.75) is 0 Å². The highest BCUT2D eigenvalue weighted by Gasteiger charge is 1.90. The Morgan fingerprint density at radius 3 is 3.50 bits per heavy atom. The second kappa shape index (κ2) is 1.58. The fourth-order valence-corrected chi connectivity index (χ4v) is 2.65. The summed E-state index contributed by atoms with van der Waals surface area (Å²) in [6, 6.07) is 0. The highest BCUT2D eigenvalue weighted by Crippen LogP contribution is 2.24. The van der Waals surface area contributed by atoms with Gasteiger partial charge < -0.3 is 4.42 Å². The summed E-state index contributed by atoms with van der Waals surface area (Å²) in [5.41, 5.74) is 0.980. The van der Waals surface area contributed by atoms with Gasteiger partial charge in [-0.15, -0.1) is 0 Å². The molecule has 0 aliphatic heterocycles. The van der Waals surface area contributed by atoms with Gasteiger partial charge in [0, 0.05) is 5.80 Å². The summed E-state index contributed by atoms with van der Waals surface area (Å²) in [4.78, 5) is 0. The molecule has 0 aromatic carbocycles. The van der Waals surface area contributed by atoms with Gasteiger partial charge in [-0.1, -0.05) is 0 Å². The SMILES string of the molecule is c1cn2ppcc2o1. The maximum atomic E-state index is 5.07. The Bertz CT molecular complexity index is 235. The van der Waals surface area contributed by atoms with Crippen molar-refractivity contribution < 1.29 is 4.42 Å². The van der Waals surface area contributed by atoms with E-state index in [0.717, 1.165) is 5.71 Å². The van der Waals surface area contributed by atoms with E-state index in [1.54, 1.807) is 6.26 Å². The molecule has 0 aliphatic carbocycles. The highest BCUT2D eigenvalue weighted by atomic mass is 31.8. The second-order valence-corrected chi connectivity index (χ2v) is 3.75. The Balaban J connectivity index is 3.06. The number of hydrogen-bond acceptors (Lipinski definition) is 1. The van der Waals surface area contributed by atoms with E-state index >= 15 is 0 Å². The largest absolute Gasteiger partial charge is 0.446 e. The Morgan fingerprint density at radius 1 is 1.62 bits per heavy atom. The predicted molar refractivity (Wildman–Crippen MR) is 34.7 cm³/mol. The average Bonchev–Trinajstić information content (AvgIpc) is 2.15. The van der Waals surface area contributed by atoms with E-state index in [1.807, 2.05) is 6.20 Å². The Hall–Kier alpha value is -0.320. The van der Waals surface area contributed by atoms with Crippen molar-refractivity contribution in [2.75, 3.05) is 0 Å². The van der Waals surface area contributed by atoms with Crippen LogP contribution in [-0.4, -0.2) is 4.16 Å². The molecule has 40 valence electrons. The van der Waals surface area contributed by atoms with E-state index in [9.17, 15) is 0 Å². The van der Waals surface area contributed by atoms with Gasteiger partial charge in [-0.25, -0.2) is 0 Å². The van der Waals surface area contributed by atoms with Gasteiger partial charge in [0.2, 0.25) is 5.71 Å². The van der Waals surface area contributed by atoms with Gasteiger partial charge in [0.05, 0.1) is 14.2 Å². The maximum absolute atomic E-state index is 5.07. The van der Waals surface area contributed by atoms with Crippen LogP contribution in [0.15, 0.2) is 22.7 Å². The molecular formula is C4H3NOP2. The number of aromatic nitrogens is 1. The molecule has 2 nitrogen and oxygen atoms in total. The molecule has 4 heteroatoms. The van der Waals surface area contributed by atoms with Crippen LogP contribution in [0, 0.1) is 0 Å². The Kier molecular flexibility index (Phi) is 0.898. The van der Waals surface area contributed by atoms with Crippen molar-refractivity contribution in [1.29, 1.82) is 0 Å². The number of nitrogens with zero attached hydrogens (tertiary/aromatic N) is 1. The third-order valence-electron chi connectivity index (χ3n) is 0.933. The molecule has 0 aliphatic rings. The normalized spacial score (nSPS) is 12.5. The van der Waals surface area contributed by atoms with Gasteiger partial charge in [0.1, 0.15) is 6.26 Å². The standard InChI is InChI=1S/C4H3NOP2/c1-2-6-4-3-7-8-5(1)4/h1-3H. The first-order valence-corrected chi connectivity index (χ1v) is 4.72. The minimum atomic E-state index is 0.980. The molecule has 0 fully saturated rings. The lowest BCUT2D eigenvalue weighted by molar-refractivity contribution is 0.610. The summed E-state index contributed by atoms with van der Waals surface area (Å²) in [6.07, 6.45) is 3.64. The quantitative estimate of drug-likeness (QED) is 0.554. The van der Waals surface area contributed by atoms with Crippen molar-refractivity contribution in [3.05, 3.63) is 18.3 Å². The molecule has 8 heavy (non-hydrogen) atoms. The van der Waals surface area contributed by atoms with E-state index in [0.29, 0.717) is 0 Å². The van der Waals surface area contributed by atoms with Crippen molar-refractivity contribution in [3.8, 4) is 0 Å². The summed E-state index contributed by atoms with van der Waals surface area (Å²) in [7, 11) is 2.59. The lowest BCUT2D eigenvalue weighted by Crippen LogP contribution is -1.59. The number of hydrogen-bond donors (Lipinski definition) is 0. The van der Waals surface area contributed by atoms with E-state index in [1.165, 1.54) is 15.9 Å². The number of fused-ring (bicyclic) bond motifs is 1. The summed E-state index contributed by atoms with van der Waals surface area (Å²) < 4.78 is 7.13. The monoisotopic (exact) mass is 143 g/mol. The molecule has 2 rings (SSSR count). The first-order chi connectivity index (χ1) is 3.97. The maximum Gasteiger partial charge on any atom is 0.212 e. The molecule has 2 aromatic rings. The van der Waals surface area contributed by atoms with Gasteiger partial charge in [-0.3, -0.25) is 4.16 Å². The summed E-state index contributed by atoms with van der Waals surface area (Å²) in [5.74, 6) is 2.06. The molecule has 0 bridgehead atoms. The molecule has 0 atom stereocenters. The minimum absolute atomic E-state index is 0.980. The predicted octanol–water partition coefficient (Wildman–Crippen LogP) is 2.69. The first-order valence-electron chi connectivity index (χ1n) is 2.20. The lowest BCUT2D eigenvalue weighted by atomic mass is 10.9. The molecule has 2 aromatic heterocycles. The summed E-state index contributed by atoms with van der Waals surface area (Å²) >= 11 is 0. The molecule has 0 amide bonds. The third kappa shape index (κ3) is 0.506. The van der Waals surface area contributed by atoms with E-state index < -0.39 is 0 Å². The van der Waals surface area contributed by atoms with Crippen LogP contribution in [0.4, 0.5) is 0 Å². The molecule has 0 N–H and O–H groups in total. The Morgan fingerprint density at radius 2 is 2.62 bits per heavy atom. The average molecular weight is 143 g/mol. The van der Waals surface area contributed by atoms with Crippen molar-refractivity contribution in [2.24, 2.45) is 0 Å². The highest BCUT2D eigenvalue weighted by molar-refractivity contribution is 7.88. The summed E-state index contributed by atoms with van der Waals surface area (Å²) in [6.45, 7) is 0. The number of oxazole rings is 1. The van der Waals surface area contributed by atoms with Crippen LogP contribution < -0.4 is 0 Å². The number of rotatable bonds is 0. The van der Waals surface area contributed by atoms with Crippen LogP contribution in [-0.2, 0) is 0 Å². The first kappa shape index (κ1) is 4.55. The van der Waals surface area contributed by atoms with Crippen LogP contribution >= 0.6 is 15.9 Å². The fourth-order valence-electron chi connectivity index (χ4n) is 0.580. The van der Waals surface area contributed by atoms with Gasteiger partial charge in [-0.2, -0.15) is 0 Å². The van der Waals surface area contributed by atoms with Crippen LogP contribution in [0.1, 0.15) is 0 Å². The van der Waals surface area contributed by atoms with E-state index in [2.05, 4.69) is 9.96 Å². The summed E-state index contributed by atoms with van der Waals surface area (Å²) in [5, 5.41) is 0. The molecule has 0 saturated carbocycles. The van der Waals surface area contributed by atoms with E-state index in [-0.39, 0.29) is 0 Å². The van der Waals surface area contributed by atoms with Gasteiger partial charge in [0.15, 0.2) is 0 Å². The molecule has 0 saturated heterocycles. The molecular weight excluding hydrogens is 140 g/mol. The molecule has 2 heterocycles. The lowest BCUT2D eigenvalue weighted by Gasteiger charge is -1.70. The zero-order chi connectivity index (χ0) is 5.40. The van der Waals surface area contributed by atoms with Crippen LogP contribution in [0.25, 0.3) is 5.71 Å². The van der Waals surface area contributed by atoms with Gasteiger partial charge in [0.25, 0.3) is 0 Å². The Labute approximate surface area is 49.3 Å². The molecule has 0 radical (unpaired) electrons. The smallest absolute Gasteiger partial charge is 0.212 e. The van der Waals surface area contributed by atoms with Crippen molar-refractivity contribution in [3.63, 3.8) is 0 Å². The molecule has 0 spiro atoms. The zero-order valence-electron chi connectivity index (χ0n) is 3.98. The van der Waals surface area contributed by atoms with Crippen LogP contribution in [0.5, 0.6) is 0 Å². The second-order valence-electron chi connectivity index (χ2n) is 1.42. The zero-order valence-corrected chi connectivity index (χ0v) is 5.77. The van der Waals surface area contributed by atoms with Gasteiger partial charge >= 0.3 is 0 Å². The topological polar surface area (TPSA) is 17.6 Å². The third-order valence-corrected chi connectivity index (χ3v) is 3.13. The molecule has 0 unspecified atom stereocenters. The van der Waals surface area contributed by atoms with Crippen molar-refractivity contribution in [1.82, 2.24) is 4.16 Å². The van der Waals surface area contributed by atoms with Crippen LogP contribution in [0.2, 0.25) is 0 Å². The van der Waals surface area contributed by atoms with Crippen LogP contribution in [0.3, 0.4) is 0 Å². The van der Waals surface area contributed by atoms with Crippen molar-refractivity contribution >= 4 is 21.6 Å². The fraction of sp³-hybridized carbons (Fsp3) is 0. The van der Waals surface area contributed by atoms with E-state index in [4.69, 9.17) is 4.42 Å². The van der Waals surface area contributed by atoms with Gasteiger partial charge in [-0.05, 0) is 7.87 Å². The minimum Gasteiger partial charge on any atom is -0.446 e.